The number of phenols is 1. The fraction of sp³-hybridized carbons (Fsp3) is 0.316. The number of benzene rings is 4. The van der Waals surface area contributed by atoms with Gasteiger partial charge in [-0.25, -0.2) is 0 Å². The SMILES string of the molecule is O=C(Nc1cccc(C(=O)Nc2cccc(COCCOCCCCCCNC[C@@H](O)c3ccc(O)c(CO)c3)c2)c1)c1ccccc1. The van der Waals surface area contributed by atoms with Gasteiger partial charge >= 0.3 is 0 Å². The van der Waals surface area contributed by atoms with Gasteiger partial charge in [0.05, 0.1) is 32.5 Å². The monoisotopic (exact) mass is 655 g/mol. The van der Waals surface area contributed by atoms with Crippen LogP contribution in [0.5, 0.6) is 5.75 Å². The molecule has 0 aliphatic carbocycles. The van der Waals surface area contributed by atoms with Crippen LogP contribution in [-0.4, -0.2) is 60.0 Å². The van der Waals surface area contributed by atoms with Gasteiger partial charge in [-0.3, -0.25) is 9.59 Å². The van der Waals surface area contributed by atoms with Crippen LogP contribution >= 0.6 is 0 Å². The molecule has 4 aromatic carbocycles. The number of nitrogens with one attached hydrogen (secondary N) is 3. The molecule has 4 rings (SSSR count). The summed E-state index contributed by atoms with van der Waals surface area (Å²) in [5.41, 5.74) is 4.14. The molecule has 0 bridgehead atoms. The molecule has 0 saturated carbocycles. The summed E-state index contributed by atoms with van der Waals surface area (Å²) >= 11 is 0. The van der Waals surface area contributed by atoms with E-state index in [9.17, 15) is 24.9 Å². The summed E-state index contributed by atoms with van der Waals surface area (Å²) in [5.74, 6) is -0.499. The first kappa shape index (κ1) is 36.3. The lowest BCUT2D eigenvalue weighted by Crippen LogP contribution is -2.22. The summed E-state index contributed by atoms with van der Waals surface area (Å²) in [7, 11) is 0. The second-order valence-corrected chi connectivity index (χ2v) is 11.4. The van der Waals surface area contributed by atoms with E-state index in [0.717, 1.165) is 37.8 Å². The molecule has 0 radical (unpaired) electrons. The molecule has 2 amide bonds. The number of aromatic hydroxyl groups is 1. The highest BCUT2D eigenvalue weighted by molar-refractivity contribution is 6.07. The van der Waals surface area contributed by atoms with Crippen LogP contribution in [0.2, 0.25) is 0 Å². The zero-order valence-corrected chi connectivity index (χ0v) is 27.1. The average Bonchev–Trinajstić information content (AvgIpc) is 3.11. The third-order valence-electron chi connectivity index (χ3n) is 7.63. The van der Waals surface area contributed by atoms with Crippen molar-refractivity contribution < 1.29 is 34.4 Å². The first-order valence-electron chi connectivity index (χ1n) is 16.3. The van der Waals surface area contributed by atoms with Crippen molar-refractivity contribution in [2.45, 2.75) is 45.0 Å². The van der Waals surface area contributed by atoms with Crippen LogP contribution in [0, 0.1) is 0 Å². The molecule has 0 aliphatic rings. The van der Waals surface area contributed by atoms with Crippen LogP contribution in [0.1, 0.15) is 69.2 Å². The number of anilines is 2. The van der Waals surface area contributed by atoms with Crippen molar-refractivity contribution in [2.75, 3.05) is 43.5 Å². The standard InChI is InChI=1S/C38H45N3O7/c42-26-32-23-30(16-17-35(32)43)36(44)25-39-18-6-1-2-7-19-47-20-21-48-27-28-10-8-14-33(22-28)40-38(46)31-13-9-15-34(24-31)41-37(45)29-11-4-3-5-12-29/h3-5,8-17,22-24,36,39,42-44H,1-2,6-7,18-21,25-27H2,(H,40,46)(H,41,45)/t36-/m1/s1. The van der Waals surface area contributed by atoms with Crippen molar-refractivity contribution in [1.29, 1.82) is 0 Å². The fourth-order valence-electron chi connectivity index (χ4n) is 4.99. The van der Waals surface area contributed by atoms with Crippen molar-refractivity contribution in [3.63, 3.8) is 0 Å². The number of aliphatic hydroxyl groups excluding tert-OH is 2. The van der Waals surface area contributed by atoms with Gasteiger partial charge in [0.1, 0.15) is 5.75 Å². The van der Waals surface area contributed by atoms with Gasteiger partial charge in [0.25, 0.3) is 11.8 Å². The Balaban J connectivity index is 1.03. The highest BCUT2D eigenvalue weighted by atomic mass is 16.5. The van der Waals surface area contributed by atoms with E-state index < -0.39 is 6.10 Å². The quantitative estimate of drug-likeness (QED) is 0.0654. The van der Waals surface area contributed by atoms with E-state index in [0.29, 0.717) is 66.6 Å². The lowest BCUT2D eigenvalue weighted by molar-refractivity contribution is 0.0393. The number of amides is 2. The van der Waals surface area contributed by atoms with Gasteiger partial charge in [0, 0.05) is 41.2 Å². The summed E-state index contributed by atoms with van der Waals surface area (Å²) < 4.78 is 11.5. The van der Waals surface area contributed by atoms with E-state index in [4.69, 9.17) is 9.47 Å². The molecule has 0 aliphatic heterocycles. The maximum atomic E-state index is 12.9. The summed E-state index contributed by atoms with van der Waals surface area (Å²) in [4.78, 5) is 25.4. The third kappa shape index (κ3) is 12.2. The van der Waals surface area contributed by atoms with Crippen LogP contribution in [0.25, 0.3) is 0 Å². The van der Waals surface area contributed by atoms with Crippen LogP contribution in [0.3, 0.4) is 0 Å². The van der Waals surface area contributed by atoms with Crippen LogP contribution in [-0.2, 0) is 22.7 Å². The van der Waals surface area contributed by atoms with Crippen molar-refractivity contribution in [3.8, 4) is 5.75 Å². The highest BCUT2D eigenvalue weighted by Gasteiger charge is 2.11. The van der Waals surface area contributed by atoms with Crippen molar-refractivity contribution in [2.24, 2.45) is 0 Å². The number of hydrogen-bond acceptors (Lipinski definition) is 8. The minimum Gasteiger partial charge on any atom is -0.508 e. The number of ether oxygens (including phenoxy) is 2. The fourth-order valence-corrected chi connectivity index (χ4v) is 4.99. The lowest BCUT2D eigenvalue weighted by atomic mass is 10.1. The van der Waals surface area contributed by atoms with Crippen molar-refractivity contribution >= 4 is 23.2 Å². The van der Waals surface area contributed by atoms with E-state index >= 15 is 0 Å². The lowest BCUT2D eigenvalue weighted by Gasteiger charge is -2.14. The Morgan fingerprint density at radius 2 is 1.38 bits per heavy atom. The van der Waals surface area contributed by atoms with E-state index in [1.807, 2.05) is 30.3 Å². The average molecular weight is 656 g/mol. The van der Waals surface area contributed by atoms with E-state index in [2.05, 4.69) is 16.0 Å². The molecule has 48 heavy (non-hydrogen) atoms. The Labute approximate surface area is 281 Å². The molecular weight excluding hydrogens is 610 g/mol. The summed E-state index contributed by atoms with van der Waals surface area (Å²) in [6.45, 7) is 2.96. The molecular formula is C38H45N3O7. The molecule has 0 heterocycles. The van der Waals surface area contributed by atoms with Gasteiger partial charge in [0.2, 0.25) is 0 Å². The predicted octanol–water partition coefficient (Wildman–Crippen LogP) is 5.81. The molecule has 4 aromatic rings. The summed E-state index contributed by atoms with van der Waals surface area (Å²) in [6, 6.07) is 28.0. The molecule has 0 unspecified atom stereocenters. The third-order valence-corrected chi connectivity index (χ3v) is 7.63. The van der Waals surface area contributed by atoms with Crippen LogP contribution in [0.15, 0.2) is 97.1 Å². The van der Waals surface area contributed by atoms with Crippen LogP contribution in [0.4, 0.5) is 11.4 Å². The zero-order chi connectivity index (χ0) is 34.0. The number of rotatable bonds is 20. The van der Waals surface area contributed by atoms with Crippen molar-refractivity contribution in [1.82, 2.24) is 5.32 Å². The van der Waals surface area contributed by atoms with Gasteiger partial charge in [-0.2, -0.15) is 0 Å². The number of carbonyl (C=O) groups is 2. The molecule has 254 valence electrons. The Hall–Kier alpha value is -4.58. The molecule has 0 spiro atoms. The Bertz CT molecular complexity index is 1580. The molecule has 10 heteroatoms. The van der Waals surface area contributed by atoms with E-state index in [1.165, 1.54) is 6.07 Å². The topological polar surface area (TPSA) is 149 Å². The molecule has 6 N–H and O–H groups in total. The maximum Gasteiger partial charge on any atom is 0.255 e. The molecule has 0 fully saturated rings. The smallest absolute Gasteiger partial charge is 0.255 e. The van der Waals surface area contributed by atoms with E-state index in [-0.39, 0.29) is 24.2 Å². The second-order valence-electron chi connectivity index (χ2n) is 11.4. The minimum atomic E-state index is -0.701. The molecule has 1 atom stereocenters. The highest BCUT2D eigenvalue weighted by Crippen LogP contribution is 2.22. The Morgan fingerprint density at radius 1 is 0.688 bits per heavy atom. The van der Waals surface area contributed by atoms with Gasteiger partial charge < -0.3 is 40.7 Å². The Morgan fingerprint density at radius 3 is 2.17 bits per heavy atom. The molecule has 10 nitrogen and oxygen atoms in total. The minimum absolute atomic E-state index is 0.0249. The maximum absolute atomic E-state index is 12.9. The largest absolute Gasteiger partial charge is 0.508 e. The second kappa shape index (κ2) is 19.9. The first-order valence-corrected chi connectivity index (χ1v) is 16.3. The van der Waals surface area contributed by atoms with Gasteiger partial charge in [-0.05, 0) is 85.1 Å². The van der Waals surface area contributed by atoms with Crippen molar-refractivity contribution in [3.05, 3.63) is 125 Å². The number of unbranched alkanes of at least 4 members (excludes halogenated alkanes) is 3. The van der Waals surface area contributed by atoms with Gasteiger partial charge in [-0.1, -0.05) is 55.3 Å². The van der Waals surface area contributed by atoms with Gasteiger partial charge in [0.15, 0.2) is 0 Å². The summed E-state index contributed by atoms with van der Waals surface area (Å²) in [6.07, 6.45) is 3.36. The number of carbonyl (C=O) groups excluding carboxylic acids is 2. The normalized spacial score (nSPS) is 11.6. The molecule has 0 aromatic heterocycles. The zero-order valence-electron chi connectivity index (χ0n) is 27.1. The van der Waals surface area contributed by atoms with Crippen LogP contribution < -0.4 is 16.0 Å². The van der Waals surface area contributed by atoms with Gasteiger partial charge in [-0.15, -0.1) is 0 Å². The number of aliphatic hydroxyl groups is 2. The molecule has 0 saturated heterocycles. The summed E-state index contributed by atoms with van der Waals surface area (Å²) in [5, 5.41) is 38.2. The number of hydrogen-bond donors (Lipinski definition) is 6. The predicted molar refractivity (Wildman–Crippen MR) is 186 cm³/mol. The Kier molecular flexibility index (Phi) is 15.1. The first-order chi connectivity index (χ1) is 23.4. The van der Waals surface area contributed by atoms with E-state index in [1.54, 1.807) is 60.7 Å².